The average Bonchev–Trinajstić information content (AvgIpc) is 2.23. The lowest BCUT2D eigenvalue weighted by Crippen LogP contribution is -3.11. The normalized spacial score (nSPS) is 13.9. The van der Waals surface area contributed by atoms with E-state index in [-0.39, 0.29) is 0 Å². The van der Waals surface area contributed by atoms with Crippen LogP contribution in [0.5, 0.6) is 0 Å². The molecule has 1 aromatic carbocycles. The number of rotatable bonds is 2. The van der Waals surface area contributed by atoms with Crippen LogP contribution in [0.3, 0.4) is 0 Å². The van der Waals surface area contributed by atoms with Gasteiger partial charge in [0.15, 0.2) is 23.3 Å². The molecular formula is C10H10F5NO. The van der Waals surface area contributed by atoms with Crippen LogP contribution >= 0.6 is 0 Å². The van der Waals surface area contributed by atoms with Crippen molar-refractivity contribution in [3.63, 3.8) is 0 Å². The maximum absolute atomic E-state index is 13.4. The van der Waals surface area contributed by atoms with Crippen LogP contribution in [0.25, 0.3) is 0 Å². The minimum atomic E-state index is -2.23. The van der Waals surface area contributed by atoms with Crippen molar-refractivity contribution >= 4 is 0 Å². The predicted octanol–water partition coefficient (Wildman–Crippen LogP) is 1.63. The lowest BCUT2D eigenvalue weighted by Gasteiger charge is -2.35. The Morgan fingerprint density at radius 2 is 1.12 bits per heavy atom. The fraction of sp³-hybridized carbons (Fsp3) is 0.400. The van der Waals surface area contributed by atoms with Gasteiger partial charge in [-0.15, -0.1) is 0 Å². The van der Waals surface area contributed by atoms with Crippen LogP contribution in [0.4, 0.5) is 22.0 Å². The van der Waals surface area contributed by atoms with Crippen molar-refractivity contribution in [2.24, 2.45) is 0 Å². The summed E-state index contributed by atoms with van der Waals surface area (Å²) < 4.78 is 65.4. The van der Waals surface area contributed by atoms with E-state index in [0.717, 1.165) is 20.9 Å². The summed E-state index contributed by atoms with van der Waals surface area (Å²) in [5.41, 5.74) is -2.90. The number of nitrogens with one attached hydrogen (secondary N) is 1. The molecule has 1 atom stereocenters. The van der Waals surface area contributed by atoms with Gasteiger partial charge in [-0.25, -0.2) is 22.0 Å². The largest absolute Gasteiger partial charge is 0.634 e. The molecule has 0 saturated heterocycles. The Hall–Kier alpha value is -1.21. The Morgan fingerprint density at radius 1 is 0.824 bits per heavy atom. The predicted molar refractivity (Wildman–Crippen MR) is 49.5 cm³/mol. The Labute approximate surface area is 94.2 Å². The zero-order chi connectivity index (χ0) is 13.5. The average molecular weight is 255 g/mol. The summed E-state index contributed by atoms with van der Waals surface area (Å²) in [4.78, 5) is 0. The van der Waals surface area contributed by atoms with Gasteiger partial charge in [-0.3, -0.25) is 0 Å². The molecule has 0 amide bonds. The molecule has 0 spiro atoms. The molecule has 1 N–H and O–H groups in total. The summed E-state index contributed by atoms with van der Waals surface area (Å²) in [5.74, 6) is -10.3. The number of hydrogen-bond donors (Lipinski definition) is 1. The Kier molecular flexibility index (Phi) is 3.45. The molecule has 1 aromatic rings. The monoisotopic (exact) mass is 255 g/mol. The van der Waals surface area contributed by atoms with Crippen molar-refractivity contribution in [3.05, 3.63) is 39.9 Å². The van der Waals surface area contributed by atoms with E-state index in [4.69, 9.17) is 0 Å². The maximum atomic E-state index is 13.4. The van der Waals surface area contributed by atoms with Gasteiger partial charge >= 0.3 is 0 Å². The van der Waals surface area contributed by atoms with Crippen molar-refractivity contribution in [2.45, 2.75) is 19.4 Å². The van der Waals surface area contributed by atoms with Crippen molar-refractivity contribution in [2.75, 3.05) is 7.05 Å². The summed E-state index contributed by atoms with van der Waals surface area (Å²) in [6.07, 6.45) is 0. The number of benzene rings is 1. The van der Waals surface area contributed by atoms with Crippen molar-refractivity contribution in [3.8, 4) is 0 Å². The third kappa shape index (κ3) is 2.00. The van der Waals surface area contributed by atoms with Crippen LogP contribution in [-0.4, -0.2) is 7.05 Å². The Morgan fingerprint density at radius 3 is 1.41 bits per heavy atom. The molecule has 1 rings (SSSR count). The molecule has 17 heavy (non-hydrogen) atoms. The molecule has 1 unspecified atom stereocenters. The van der Waals surface area contributed by atoms with E-state index in [1.54, 1.807) is 0 Å². The van der Waals surface area contributed by atoms with Crippen LogP contribution in [0.15, 0.2) is 0 Å². The van der Waals surface area contributed by atoms with E-state index < -0.39 is 45.3 Å². The van der Waals surface area contributed by atoms with Gasteiger partial charge in [0.2, 0.25) is 5.82 Å². The first kappa shape index (κ1) is 13.9. The van der Waals surface area contributed by atoms with Gasteiger partial charge in [-0.2, -0.15) is 0 Å². The first-order valence-electron chi connectivity index (χ1n) is 4.65. The zero-order valence-corrected chi connectivity index (χ0v) is 9.30. The number of quaternary nitrogens is 1. The second-order valence-electron chi connectivity index (χ2n) is 4.13. The summed E-state index contributed by atoms with van der Waals surface area (Å²) in [6, 6.07) is 0. The third-order valence-electron chi connectivity index (χ3n) is 2.71. The van der Waals surface area contributed by atoms with E-state index in [1.807, 2.05) is 0 Å². The summed E-state index contributed by atoms with van der Waals surface area (Å²) in [5, 5.41) is 10.5. The summed E-state index contributed by atoms with van der Waals surface area (Å²) in [6.45, 7) is 2.18. The van der Waals surface area contributed by atoms with Crippen molar-refractivity contribution in [1.82, 2.24) is 0 Å². The lowest BCUT2D eigenvalue weighted by molar-refractivity contribution is -0.889. The van der Waals surface area contributed by atoms with E-state index in [1.165, 1.54) is 0 Å². The summed E-state index contributed by atoms with van der Waals surface area (Å²) >= 11 is 0. The molecule has 0 aliphatic rings. The number of halogens is 5. The van der Waals surface area contributed by atoms with Crippen LogP contribution < -0.4 is 5.06 Å². The Bertz CT molecular complexity index is 429. The second-order valence-corrected chi connectivity index (χ2v) is 4.13. The van der Waals surface area contributed by atoms with E-state index in [2.05, 4.69) is 0 Å². The fourth-order valence-electron chi connectivity index (χ4n) is 1.33. The SMILES string of the molecule is C[NH+]([O-])C(C)(C)c1c(F)c(F)c(F)c(F)c1F. The minimum Gasteiger partial charge on any atom is -0.634 e. The quantitative estimate of drug-likeness (QED) is 0.370. The van der Waals surface area contributed by atoms with Gasteiger partial charge in [-0.05, 0) is 13.8 Å². The highest BCUT2D eigenvalue weighted by atomic mass is 19.2. The highest BCUT2D eigenvalue weighted by molar-refractivity contribution is 5.28. The highest BCUT2D eigenvalue weighted by Crippen LogP contribution is 2.29. The van der Waals surface area contributed by atoms with Crippen molar-refractivity contribution < 1.29 is 27.0 Å². The molecule has 0 aromatic heterocycles. The molecule has 0 fully saturated rings. The van der Waals surface area contributed by atoms with E-state index >= 15 is 0 Å². The van der Waals surface area contributed by atoms with Gasteiger partial charge in [0.25, 0.3) is 0 Å². The van der Waals surface area contributed by atoms with E-state index in [0.29, 0.717) is 0 Å². The molecule has 0 saturated carbocycles. The topological polar surface area (TPSA) is 27.5 Å². The van der Waals surface area contributed by atoms with Gasteiger partial charge in [0.1, 0.15) is 5.54 Å². The fourth-order valence-corrected chi connectivity index (χ4v) is 1.33. The molecule has 0 radical (unpaired) electrons. The Balaban J connectivity index is 3.66. The van der Waals surface area contributed by atoms with Crippen LogP contribution in [-0.2, 0) is 5.54 Å². The van der Waals surface area contributed by atoms with Crippen LogP contribution in [0.1, 0.15) is 19.4 Å². The first-order valence-corrected chi connectivity index (χ1v) is 4.65. The van der Waals surface area contributed by atoms with Gasteiger partial charge in [0, 0.05) is 0 Å². The van der Waals surface area contributed by atoms with Gasteiger partial charge in [0.05, 0.1) is 12.6 Å². The molecule has 96 valence electrons. The van der Waals surface area contributed by atoms with Crippen LogP contribution in [0.2, 0.25) is 0 Å². The van der Waals surface area contributed by atoms with E-state index in [9.17, 15) is 27.2 Å². The smallest absolute Gasteiger partial charge is 0.200 e. The summed E-state index contributed by atoms with van der Waals surface area (Å²) in [7, 11) is 1.01. The highest BCUT2D eigenvalue weighted by Gasteiger charge is 2.38. The second kappa shape index (κ2) is 4.23. The molecule has 0 aliphatic heterocycles. The zero-order valence-electron chi connectivity index (χ0n) is 9.30. The van der Waals surface area contributed by atoms with Gasteiger partial charge in [-0.1, -0.05) is 0 Å². The number of hydrogen-bond acceptors (Lipinski definition) is 1. The molecule has 0 bridgehead atoms. The first-order chi connectivity index (χ1) is 7.62. The van der Waals surface area contributed by atoms with Crippen LogP contribution in [0, 0.1) is 34.3 Å². The standard InChI is InChI=1S/C10H10F5NO/c1-10(2,16(3)17)4-5(11)7(13)9(15)8(14)6(4)12/h16H,1-3H3. The minimum absolute atomic E-state index is 0.708. The third-order valence-corrected chi connectivity index (χ3v) is 2.71. The van der Waals surface area contributed by atoms with Gasteiger partial charge < -0.3 is 10.3 Å². The molecular weight excluding hydrogens is 245 g/mol. The maximum Gasteiger partial charge on any atom is 0.200 e. The molecule has 0 heterocycles. The lowest BCUT2D eigenvalue weighted by atomic mass is 9.92. The number of hydroxylamine groups is 2. The molecule has 2 nitrogen and oxygen atoms in total. The molecule has 7 heteroatoms. The molecule has 0 aliphatic carbocycles. The van der Waals surface area contributed by atoms with Crippen molar-refractivity contribution in [1.29, 1.82) is 0 Å².